The molecule has 25 heavy (non-hydrogen) atoms. The molecule has 4 nitrogen and oxygen atoms in total. The minimum atomic E-state index is 0. The second kappa shape index (κ2) is 10.0. The molecule has 0 saturated carbocycles. The monoisotopic (exact) mass is 475 g/mol. The van der Waals surface area contributed by atoms with E-state index < -0.39 is 0 Å². The van der Waals surface area contributed by atoms with E-state index in [0.717, 1.165) is 64.6 Å². The first-order chi connectivity index (χ1) is 11.8. The lowest BCUT2D eigenvalue weighted by atomic mass is 9.99. The van der Waals surface area contributed by atoms with E-state index in [9.17, 15) is 0 Å². The highest BCUT2D eigenvalue weighted by Crippen LogP contribution is 2.34. The van der Waals surface area contributed by atoms with Crippen molar-refractivity contribution < 1.29 is 4.74 Å². The predicted molar refractivity (Wildman–Crippen MR) is 118 cm³/mol. The fraction of sp³-hybridized carbons (Fsp3) is 0.632. The van der Waals surface area contributed by atoms with Crippen LogP contribution in [0.1, 0.15) is 30.9 Å². The molecule has 1 N–H and O–H groups in total. The summed E-state index contributed by atoms with van der Waals surface area (Å²) in [4.78, 5) is 7.43. The van der Waals surface area contributed by atoms with Gasteiger partial charge in [0.15, 0.2) is 5.96 Å². The van der Waals surface area contributed by atoms with Crippen molar-refractivity contribution >= 4 is 41.7 Å². The second-order valence-corrected chi connectivity index (χ2v) is 7.88. The summed E-state index contributed by atoms with van der Waals surface area (Å²) < 4.78 is 5.79. The Morgan fingerprint density at radius 1 is 1.28 bits per heavy atom. The minimum Gasteiger partial charge on any atom is -0.381 e. The Hall–Kier alpha value is -0.470. The first kappa shape index (κ1) is 20.8. The number of aliphatic imine (C=N–C) groups is 1. The third-order valence-corrected chi connectivity index (χ3v) is 6.52. The number of nitrogens with zero attached hydrogens (tertiary/aromatic N) is 2. The summed E-state index contributed by atoms with van der Waals surface area (Å²) in [5.41, 5.74) is 2.91. The van der Waals surface area contributed by atoms with Gasteiger partial charge in [-0.15, -0.1) is 24.0 Å². The number of thioether (sulfide) groups is 1. The Bertz CT molecular complexity index is 576. The molecule has 1 aromatic carbocycles. The molecule has 140 valence electrons. The van der Waals surface area contributed by atoms with Gasteiger partial charge in [-0.2, -0.15) is 11.8 Å². The topological polar surface area (TPSA) is 36.9 Å². The second-order valence-electron chi connectivity index (χ2n) is 6.61. The standard InChI is InChI=1S/C19H29N3OS.HI/c1-3-20-18(21-15-19(24-2)9-12-23-13-10-19)22-11-8-16-6-4-5-7-17(16)14-22;/h4-7H,3,8-15H2,1-2H3,(H,20,21);1H. The van der Waals surface area contributed by atoms with Gasteiger partial charge in [0.2, 0.25) is 0 Å². The fourth-order valence-electron chi connectivity index (χ4n) is 3.49. The zero-order valence-corrected chi connectivity index (χ0v) is 18.4. The van der Waals surface area contributed by atoms with Crippen molar-refractivity contribution in [3.63, 3.8) is 0 Å². The van der Waals surface area contributed by atoms with Crippen LogP contribution in [0.15, 0.2) is 29.3 Å². The summed E-state index contributed by atoms with van der Waals surface area (Å²) >= 11 is 1.96. The van der Waals surface area contributed by atoms with Gasteiger partial charge in [-0.05, 0) is 43.6 Å². The van der Waals surface area contributed by atoms with Crippen molar-refractivity contribution in [2.45, 2.75) is 37.5 Å². The predicted octanol–water partition coefficient (Wildman–Crippen LogP) is 3.54. The zero-order chi connectivity index (χ0) is 16.8. The van der Waals surface area contributed by atoms with E-state index in [1.54, 1.807) is 0 Å². The quantitative estimate of drug-likeness (QED) is 0.411. The molecule has 0 radical (unpaired) electrons. The Morgan fingerprint density at radius 2 is 2.00 bits per heavy atom. The zero-order valence-electron chi connectivity index (χ0n) is 15.3. The van der Waals surface area contributed by atoms with Crippen LogP contribution in [-0.4, -0.2) is 54.7 Å². The molecule has 2 heterocycles. The van der Waals surface area contributed by atoms with Crippen LogP contribution in [0.4, 0.5) is 0 Å². The lowest BCUT2D eigenvalue weighted by molar-refractivity contribution is 0.0793. The molecule has 6 heteroatoms. The summed E-state index contributed by atoms with van der Waals surface area (Å²) in [5.74, 6) is 1.06. The summed E-state index contributed by atoms with van der Waals surface area (Å²) in [6.45, 7) is 7.65. The average molecular weight is 475 g/mol. The summed E-state index contributed by atoms with van der Waals surface area (Å²) in [5, 5.41) is 3.50. The van der Waals surface area contributed by atoms with Gasteiger partial charge in [0.25, 0.3) is 0 Å². The van der Waals surface area contributed by atoms with Crippen LogP contribution in [0.25, 0.3) is 0 Å². The Morgan fingerprint density at radius 3 is 2.68 bits per heavy atom. The van der Waals surface area contributed by atoms with E-state index in [-0.39, 0.29) is 28.7 Å². The van der Waals surface area contributed by atoms with Crippen LogP contribution >= 0.6 is 35.7 Å². The van der Waals surface area contributed by atoms with Gasteiger partial charge in [0, 0.05) is 37.6 Å². The van der Waals surface area contributed by atoms with Gasteiger partial charge < -0.3 is 15.0 Å². The first-order valence-corrected chi connectivity index (χ1v) is 10.2. The number of fused-ring (bicyclic) bond motifs is 1. The average Bonchev–Trinajstić information content (AvgIpc) is 2.65. The maximum absolute atomic E-state index is 5.55. The highest BCUT2D eigenvalue weighted by atomic mass is 127. The van der Waals surface area contributed by atoms with Gasteiger partial charge in [-0.3, -0.25) is 4.99 Å². The highest BCUT2D eigenvalue weighted by molar-refractivity contribution is 14.0. The van der Waals surface area contributed by atoms with E-state index in [4.69, 9.17) is 9.73 Å². The van der Waals surface area contributed by atoms with E-state index in [0.29, 0.717) is 0 Å². The Balaban J connectivity index is 0.00000225. The van der Waals surface area contributed by atoms with E-state index >= 15 is 0 Å². The number of nitrogens with one attached hydrogen (secondary N) is 1. The number of hydrogen-bond donors (Lipinski definition) is 1. The number of benzene rings is 1. The Kier molecular flexibility index (Phi) is 8.35. The molecule has 1 saturated heterocycles. The van der Waals surface area contributed by atoms with Crippen LogP contribution in [-0.2, 0) is 17.7 Å². The molecule has 3 rings (SSSR count). The highest BCUT2D eigenvalue weighted by Gasteiger charge is 2.32. The van der Waals surface area contributed by atoms with Gasteiger partial charge in [-0.25, -0.2) is 0 Å². The van der Waals surface area contributed by atoms with E-state index in [1.807, 2.05) is 11.8 Å². The molecule has 1 aromatic rings. The lowest BCUT2D eigenvalue weighted by Gasteiger charge is -2.36. The van der Waals surface area contributed by atoms with Crippen LogP contribution < -0.4 is 5.32 Å². The maximum atomic E-state index is 5.55. The van der Waals surface area contributed by atoms with Crippen LogP contribution in [0.2, 0.25) is 0 Å². The van der Waals surface area contributed by atoms with Gasteiger partial charge in [0.05, 0.1) is 6.54 Å². The normalized spacial score (nSPS) is 19.8. The first-order valence-electron chi connectivity index (χ1n) is 8.99. The molecular formula is C19H30IN3OS. The van der Waals surface area contributed by atoms with Gasteiger partial charge >= 0.3 is 0 Å². The van der Waals surface area contributed by atoms with Crippen LogP contribution in [0, 0.1) is 0 Å². The van der Waals surface area contributed by atoms with Crippen LogP contribution in [0.3, 0.4) is 0 Å². The number of rotatable bonds is 4. The molecule has 2 aliphatic rings. The molecule has 1 fully saturated rings. The fourth-order valence-corrected chi connectivity index (χ4v) is 4.26. The van der Waals surface area contributed by atoms with Crippen molar-refractivity contribution in [3.8, 4) is 0 Å². The largest absolute Gasteiger partial charge is 0.381 e. The summed E-state index contributed by atoms with van der Waals surface area (Å²) in [7, 11) is 0. The van der Waals surface area contributed by atoms with E-state index in [2.05, 4.69) is 47.7 Å². The van der Waals surface area contributed by atoms with Crippen molar-refractivity contribution in [2.24, 2.45) is 4.99 Å². The molecule has 0 aromatic heterocycles. The molecule has 2 aliphatic heterocycles. The molecule has 0 amide bonds. The van der Waals surface area contributed by atoms with Crippen LogP contribution in [0.5, 0.6) is 0 Å². The smallest absolute Gasteiger partial charge is 0.194 e. The lowest BCUT2D eigenvalue weighted by Crippen LogP contribution is -2.45. The molecule has 0 bridgehead atoms. The van der Waals surface area contributed by atoms with Crippen molar-refractivity contribution in [1.82, 2.24) is 10.2 Å². The van der Waals surface area contributed by atoms with Crippen molar-refractivity contribution in [2.75, 3.05) is 39.1 Å². The van der Waals surface area contributed by atoms with Crippen molar-refractivity contribution in [3.05, 3.63) is 35.4 Å². The summed E-state index contributed by atoms with van der Waals surface area (Å²) in [6, 6.07) is 8.77. The Labute approximate surface area is 173 Å². The molecule has 0 spiro atoms. The number of hydrogen-bond acceptors (Lipinski definition) is 3. The van der Waals surface area contributed by atoms with Gasteiger partial charge in [0.1, 0.15) is 0 Å². The summed E-state index contributed by atoms with van der Waals surface area (Å²) in [6.07, 6.45) is 5.51. The van der Waals surface area contributed by atoms with Gasteiger partial charge in [-0.1, -0.05) is 24.3 Å². The van der Waals surface area contributed by atoms with Crippen molar-refractivity contribution in [1.29, 1.82) is 0 Å². The maximum Gasteiger partial charge on any atom is 0.194 e. The molecular weight excluding hydrogens is 445 g/mol. The molecule has 0 atom stereocenters. The number of guanidine groups is 1. The third-order valence-electron chi connectivity index (χ3n) is 5.12. The number of halogens is 1. The third kappa shape index (κ3) is 5.26. The SMILES string of the molecule is CCNC(=NCC1(SC)CCOCC1)N1CCc2ccccc2C1.I. The van der Waals surface area contributed by atoms with E-state index in [1.165, 1.54) is 11.1 Å². The number of ether oxygens (including phenoxy) is 1. The minimum absolute atomic E-state index is 0. The molecule has 0 aliphatic carbocycles. The molecule has 0 unspecified atom stereocenters.